The molecule has 0 aromatic heterocycles. The van der Waals surface area contributed by atoms with Gasteiger partial charge in [-0.2, -0.15) is 0 Å². The van der Waals surface area contributed by atoms with E-state index in [1.165, 1.54) is 0 Å². The predicted molar refractivity (Wildman–Crippen MR) is 63.1 cm³/mol. The molecule has 0 aromatic carbocycles. The molecule has 1 unspecified atom stereocenters. The Kier molecular flexibility index (Phi) is 10.3. The van der Waals surface area contributed by atoms with Gasteiger partial charge in [-0.25, -0.2) is 0 Å². The second-order valence-electron chi connectivity index (χ2n) is 3.93. The Hall–Kier alpha value is -0.160. The first-order chi connectivity index (χ1) is 7.24. The average Bonchev–Trinajstić information content (AvgIpc) is 2.23. The van der Waals surface area contributed by atoms with Crippen LogP contribution in [0.4, 0.5) is 0 Å². The molecule has 0 aliphatic rings. The van der Waals surface area contributed by atoms with Gasteiger partial charge < -0.3 is 15.2 Å². The van der Waals surface area contributed by atoms with Crippen molar-refractivity contribution >= 4 is 0 Å². The summed E-state index contributed by atoms with van der Waals surface area (Å²) in [5.74, 6) is 0.605. The molecule has 4 heteroatoms. The zero-order chi connectivity index (χ0) is 11.5. The smallest absolute Gasteiger partial charge is 0.0589 e. The highest BCUT2D eigenvalue weighted by Gasteiger charge is 2.08. The zero-order valence-electron chi connectivity index (χ0n) is 10.3. The van der Waals surface area contributed by atoms with Crippen molar-refractivity contribution in [3.63, 3.8) is 0 Å². The van der Waals surface area contributed by atoms with Gasteiger partial charge in [0.1, 0.15) is 0 Å². The number of rotatable bonds is 10. The highest BCUT2D eigenvalue weighted by molar-refractivity contribution is 4.64. The summed E-state index contributed by atoms with van der Waals surface area (Å²) < 4.78 is 5.04. The summed E-state index contributed by atoms with van der Waals surface area (Å²) >= 11 is 0. The molecule has 0 aromatic rings. The maximum absolute atomic E-state index is 8.93. The third kappa shape index (κ3) is 8.81. The van der Waals surface area contributed by atoms with Crippen molar-refractivity contribution in [3.05, 3.63) is 0 Å². The van der Waals surface area contributed by atoms with E-state index in [9.17, 15) is 0 Å². The third-order valence-electron chi connectivity index (χ3n) is 2.34. The number of hydrogen-bond acceptors (Lipinski definition) is 4. The van der Waals surface area contributed by atoms with Gasteiger partial charge in [0, 0.05) is 26.7 Å². The number of hydrogen-bond donors (Lipinski definition) is 2. The van der Waals surface area contributed by atoms with Crippen LogP contribution in [0.2, 0.25) is 0 Å². The van der Waals surface area contributed by atoms with E-state index in [1.807, 2.05) is 0 Å². The van der Waals surface area contributed by atoms with E-state index in [4.69, 9.17) is 9.84 Å². The number of ether oxygens (including phenoxy) is 1. The number of aliphatic hydroxyl groups excluding tert-OH is 1. The molecule has 0 spiro atoms. The van der Waals surface area contributed by atoms with Crippen molar-refractivity contribution in [1.29, 1.82) is 0 Å². The van der Waals surface area contributed by atoms with E-state index in [0.717, 1.165) is 39.3 Å². The monoisotopic (exact) mass is 218 g/mol. The number of methoxy groups -OCH3 is 1. The molecule has 0 aliphatic carbocycles. The van der Waals surface area contributed by atoms with Gasteiger partial charge in [0.2, 0.25) is 0 Å². The van der Waals surface area contributed by atoms with Crippen LogP contribution in [0.5, 0.6) is 0 Å². The van der Waals surface area contributed by atoms with Gasteiger partial charge in [0.25, 0.3) is 0 Å². The topological polar surface area (TPSA) is 44.7 Å². The van der Waals surface area contributed by atoms with Crippen LogP contribution in [0.25, 0.3) is 0 Å². The molecule has 92 valence electrons. The van der Waals surface area contributed by atoms with Crippen molar-refractivity contribution in [2.45, 2.75) is 13.8 Å². The Labute approximate surface area is 93.6 Å². The standard InChI is InChI=1S/C11H26N2O2/c1-4-12-9-11(2)10-13(5-7-14)6-8-15-3/h11-12,14H,4-10H2,1-3H3. The normalized spacial score (nSPS) is 13.4. The average molecular weight is 218 g/mol. The van der Waals surface area contributed by atoms with E-state index < -0.39 is 0 Å². The number of nitrogens with zero attached hydrogens (tertiary/aromatic N) is 1. The Morgan fingerprint density at radius 1 is 1.40 bits per heavy atom. The Morgan fingerprint density at radius 2 is 2.13 bits per heavy atom. The maximum Gasteiger partial charge on any atom is 0.0589 e. The summed E-state index contributed by atoms with van der Waals surface area (Å²) in [5.41, 5.74) is 0. The Balaban J connectivity index is 3.70. The lowest BCUT2D eigenvalue weighted by Gasteiger charge is -2.24. The molecule has 0 bridgehead atoms. The van der Waals surface area contributed by atoms with Crippen LogP contribution < -0.4 is 5.32 Å². The van der Waals surface area contributed by atoms with Gasteiger partial charge in [-0.05, 0) is 19.0 Å². The largest absolute Gasteiger partial charge is 0.395 e. The molecule has 0 saturated heterocycles. The second-order valence-corrected chi connectivity index (χ2v) is 3.93. The number of aliphatic hydroxyl groups is 1. The molecule has 0 amide bonds. The third-order valence-corrected chi connectivity index (χ3v) is 2.34. The molecule has 0 radical (unpaired) electrons. The van der Waals surface area contributed by atoms with E-state index >= 15 is 0 Å². The van der Waals surface area contributed by atoms with Crippen molar-refractivity contribution in [1.82, 2.24) is 10.2 Å². The molecular weight excluding hydrogens is 192 g/mol. The van der Waals surface area contributed by atoms with Crippen LogP contribution in [-0.4, -0.2) is 63.1 Å². The molecule has 4 nitrogen and oxygen atoms in total. The van der Waals surface area contributed by atoms with Gasteiger partial charge in [-0.3, -0.25) is 4.90 Å². The van der Waals surface area contributed by atoms with Gasteiger partial charge in [0.15, 0.2) is 0 Å². The first-order valence-electron chi connectivity index (χ1n) is 5.77. The maximum atomic E-state index is 8.93. The van der Waals surface area contributed by atoms with Crippen molar-refractivity contribution < 1.29 is 9.84 Å². The lowest BCUT2D eigenvalue weighted by Crippen LogP contribution is -2.37. The van der Waals surface area contributed by atoms with Crippen molar-refractivity contribution in [2.75, 3.05) is 53.0 Å². The highest BCUT2D eigenvalue weighted by atomic mass is 16.5. The van der Waals surface area contributed by atoms with Crippen LogP contribution in [0.15, 0.2) is 0 Å². The summed E-state index contributed by atoms with van der Waals surface area (Å²) in [7, 11) is 1.71. The first kappa shape index (κ1) is 14.8. The first-order valence-corrected chi connectivity index (χ1v) is 5.77. The van der Waals surface area contributed by atoms with Crippen molar-refractivity contribution in [2.24, 2.45) is 5.92 Å². The molecule has 1 atom stereocenters. The summed E-state index contributed by atoms with van der Waals surface area (Å²) in [5, 5.41) is 12.3. The molecule has 0 rings (SSSR count). The highest BCUT2D eigenvalue weighted by Crippen LogP contribution is 1.98. The molecule has 0 saturated carbocycles. The van der Waals surface area contributed by atoms with E-state index in [0.29, 0.717) is 5.92 Å². The van der Waals surface area contributed by atoms with E-state index in [-0.39, 0.29) is 6.61 Å². The minimum Gasteiger partial charge on any atom is -0.395 e. The lowest BCUT2D eigenvalue weighted by molar-refractivity contribution is 0.121. The molecule has 0 aliphatic heterocycles. The summed E-state index contributed by atoms with van der Waals surface area (Å²) in [6.45, 7) is 9.98. The fraction of sp³-hybridized carbons (Fsp3) is 1.00. The number of nitrogens with one attached hydrogen (secondary N) is 1. The quantitative estimate of drug-likeness (QED) is 0.549. The van der Waals surface area contributed by atoms with Crippen LogP contribution in [0, 0.1) is 5.92 Å². The Bertz CT molecular complexity index is 134. The van der Waals surface area contributed by atoms with Gasteiger partial charge in [-0.1, -0.05) is 13.8 Å². The minimum absolute atomic E-state index is 0.220. The molecule has 15 heavy (non-hydrogen) atoms. The van der Waals surface area contributed by atoms with Gasteiger partial charge in [0.05, 0.1) is 13.2 Å². The fourth-order valence-corrected chi connectivity index (χ4v) is 1.55. The summed E-state index contributed by atoms with van der Waals surface area (Å²) in [6.07, 6.45) is 0. The SMILES string of the molecule is CCNCC(C)CN(CCO)CCOC. The van der Waals surface area contributed by atoms with Gasteiger partial charge in [-0.15, -0.1) is 0 Å². The fourth-order valence-electron chi connectivity index (χ4n) is 1.55. The lowest BCUT2D eigenvalue weighted by atomic mass is 10.1. The predicted octanol–water partition coefficient (Wildman–Crippen LogP) is 0.173. The summed E-state index contributed by atoms with van der Waals surface area (Å²) in [4.78, 5) is 2.24. The van der Waals surface area contributed by atoms with Crippen LogP contribution in [0.1, 0.15) is 13.8 Å². The zero-order valence-corrected chi connectivity index (χ0v) is 10.3. The summed E-state index contributed by atoms with van der Waals surface area (Å²) in [6, 6.07) is 0. The molecular formula is C11H26N2O2. The van der Waals surface area contributed by atoms with Crippen molar-refractivity contribution in [3.8, 4) is 0 Å². The Morgan fingerprint density at radius 3 is 2.67 bits per heavy atom. The van der Waals surface area contributed by atoms with Crippen LogP contribution in [-0.2, 0) is 4.74 Å². The molecule has 2 N–H and O–H groups in total. The molecule has 0 heterocycles. The molecule has 0 fully saturated rings. The van der Waals surface area contributed by atoms with Crippen LogP contribution >= 0.6 is 0 Å². The van der Waals surface area contributed by atoms with Crippen LogP contribution in [0.3, 0.4) is 0 Å². The minimum atomic E-state index is 0.220. The van der Waals surface area contributed by atoms with E-state index in [1.54, 1.807) is 7.11 Å². The second kappa shape index (κ2) is 10.4. The van der Waals surface area contributed by atoms with E-state index in [2.05, 4.69) is 24.1 Å². The van der Waals surface area contributed by atoms with Gasteiger partial charge >= 0.3 is 0 Å².